The van der Waals surface area contributed by atoms with Crippen LogP contribution in [0.15, 0.2) is 36.5 Å². The summed E-state index contributed by atoms with van der Waals surface area (Å²) in [6.45, 7) is -0.150. The van der Waals surface area contributed by atoms with E-state index >= 15 is 0 Å². The Morgan fingerprint density at radius 1 is 1.06 bits per heavy atom. The first-order valence-corrected chi connectivity index (χ1v) is 16.2. The Labute approximate surface area is 290 Å². The number of carbonyl (C=O) groups is 4. The number of hydrogen-bond donors (Lipinski definition) is 2. The Morgan fingerprint density at radius 2 is 1.71 bits per heavy atom. The molecular weight excluding hydrogens is 690 g/mol. The van der Waals surface area contributed by atoms with E-state index in [1.807, 2.05) is 7.05 Å². The van der Waals surface area contributed by atoms with Crippen LogP contribution in [0, 0.1) is 11.7 Å². The largest absolute Gasteiger partial charge is 0.432 e. The van der Waals surface area contributed by atoms with Crippen molar-refractivity contribution < 1.29 is 41.6 Å². The molecule has 0 aliphatic carbocycles. The van der Waals surface area contributed by atoms with Gasteiger partial charge in [-0.2, -0.15) is 8.78 Å². The maximum atomic E-state index is 14.5. The van der Waals surface area contributed by atoms with Crippen molar-refractivity contribution in [3.63, 3.8) is 0 Å². The number of nitrogens with zero attached hydrogens (tertiary/aromatic N) is 5. The number of aromatic nitrogens is 2. The number of anilines is 1. The second kappa shape index (κ2) is 14.6. The van der Waals surface area contributed by atoms with Gasteiger partial charge in [0.25, 0.3) is 17.7 Å². The van der Waals surface area contributed by atoms with Crippen molar-refractivity contribution in [2.45, 2.75) is 19.5 Å². The van der Waals surface area contributed by atoms with Gasteiger partial charge in [-0.15, -0.1) is 0 Å². The van der Waals surface area contributed by atoms with Crippen molar-refractivity contribution in [1.29, 1.82) is 0 Å². The number of nitrogens with one attached hydrogen (secondary N) is 1. The number of quaternary nitrogens is 1. The second-order valence-corrected chi connectivity index (χ2v) is 13.2. The second-order valence-electron chi connectivity index (χ2n) is 12.4. The number of carbonyl (C=O) groups excluding carboxylic acids is 4. The molecule has 12 nitrogen and oxygen atoms in total. The number of likely N-dealkylation sites (tertiary alicyclic amines) is 1. The van der Waals surface area contributed by atoms with Gasteiger partial charge in [0, 0.05) is 63.2 Å². The number of rotatable bonds is 9. The minimum Gasteiger partial charge on any atom is -0.432 e. The van der Waals surface area contributed by atoms with Crippen LogP contribution in [-0.4, -0.2) is 107 Å². The number of benzene rings is 2. The molecule has 49 heavy (non-hydrogen) atoms. The molecule has 0 bridgehead atoms. The van der Waals surface area contributed by atoms with E-state index in [2.05, 4.69) is 15.0 Å². The van der Waals surface area contributed by atoms with Crippen molar-refractivity contribution in [2.24, 2.45) is 18.7 Å². The number of hydrogen-bond acceptors (Lipinski definition) is 6. The third-order valence-corrected chi connectivity index (χ3v) is 9.67. The first-order chi connectivity index (χ1) is 23.2. The third-order valence-electron chi connectivity index (χ3n) is 8.99. The number of alkyl halides is 2. The van der Waals surface area contributed by atoms with Crippen LogP contribution in [0.4, 0.5) is 18.9 Å². The number of likely N-dealkylation sites (N-methyl/N-ethyl adjacent to an activating group) is 1. The van der Waals surface area contributed by atoms with E-state index in [9.17, 15) is 32.3 Å². The summed E-state index contributed by atoms with van der Waals surface area (Å²) in [6.07, 6.45) is 2.62. The van der Waals surface area contributed by atoms with Gasteiger partial charge in [0.05, 0.1) is 47.6 Å². The van der Waals surface area contributed by atoms with Gasteiger partial charge < -0.3 is 34.6 Å². The number of piperazine rings is 1. The van der Waals surface area contributed by atoms with Crippen molar-refractivity contribution in [3.05, 3.63) is 63.8 Å². The molecule has 2 aliphatic rings. The summed E-state index contributed by atoms with van der Waals surface area (Å²) >= 11 is 12.6. The SMILES string of the molecule is Cn1c(-c2ccc(OC(F)F)c(F)c2Cl)cnc1C(=O)Nc1ccc(C(=O)N2CCN(C(=O)C3CC[N+](C)(CC(N)=O)CC3)CC2)c(Cl)c1. The van der Waals surface area contributed by atoms with E-state index in [1.165, 1.54) is 42.1 Å². The Bertz CT molecular complexity index is 1770. The molecule has 0 atom stereocenters. The summed E-state index contributed by atoms with van der Waals surface area (Å²) in [4.78, 5) is 58.5. The highest BCUT2D eigenvalue weighted by Crippen LogP contribution is 2.36. The molecule has 0 spiro atoms. The fourth-order valence-corrected chi connectivity index (χ4v) is 6.79. The normalized spacial score (nSPS) is 19.6. The van der Waals surface area contributed by atoms with Crippen LogP contribution in [0.5, 0.6) is 5.75 Å². The van der Waals surface area contributed by atoms with Crippen LogP contribution in [0.3, 0.4) is 0 Å². The summed E-state index contributed by atoms with van der Waals surface area (Å²) in [5.41, 5.74) is 6.23. The number of primary amides is 1. The fraction of sp³-hybridized carbons (Fsp3) is 0.406. The molecule has 4 amide bonds. The Hall–Kier alpha value is -4.34. The van der Waals surface area contributed by atoms with Crippen LogP contribution >= 0.6 is 23.2 Å². The van der Waals surface area contributed by atoms with Crippen LogP contribution < -0.4 is 15.8 Å². The zero-order valence-electron chi connectivity index (χ0n) is 26.7. The molecular formula is C32H35Cl2F3N7O5+. The lowest BCUT2D eigenvalue weighted by Crippen LogP contribution is -2.57. The molecule has 5 rings (SSSR count). The molecule has 2 fully saturated rings. The van der Waals surface area contributed by atoms with Crippen LogP contribution in [0.25, 0.3) is 11.3 Å². The van der Waals surface area contributed by atoms with Gasteiger partial charge in [-0.05, 0) is 30.3 Å². The Kier molecular flexibility index (Phi) is 10.7. The van der Waals surface area contributed by atoms with E-state index in [1.54, 1.807) is 9.80 Å². The number of piperidine rings is 1. The summed E-state index contributed by atoms with van der Waals surface area (Å²) in [6, 6.07) is 6.72. The number of halogens is 5. The fourth-order valence-electron chi connectivity index (χ4n) is 6.27. The first kappa shape index (κ1) is 36.0. The molecule has 17 heteroatoms. The first-order valence-electron chi connectivity index (χ1n) is 15.4. The minimum atomic E-state index is -3.24. The summed E-state index contributed by atoms with van der Waals surface area (Å²) in [5.74, 6) is -3.36. The average molecular weight is 726 g/mol. The molecule has 262 valence electrons. The highest BCUT2D eigenvalue weighted by atomic mass is 35.5. The molecule has 2 aliphatic heterocycles. The van der Waals surface area contributed by atoms with Gasteiger partial charge in [-0.3, -0.25) is 19.2 Å². The van der Waals surface area contributed by atoms with Gasteiger partial charge in [0.2, 0.25) is 5.91 Å². The maximum absolute atomic E-state index is 14.5. The lowest BCUT2D eigenvalue weighted by molar-refractivity contribution is -0.907. The van der Waals surface area contributed by atoms with E-state index in [4.69, 9.17) is 28.9 Å². The number of amides is 4. The van der Waals surface area contributed by atoms with E-state index in [-0.39, 0.29) is 63.5 Å². The van der Waals surface area contributed by atoms with Crippen LogP contribution in [0.2, 0.25) is 10.0 Å². The van der Waals surface area contributed by atoms with Crippen LogP contribution in [-0.2, 0) is 16.6 Å². The van der Waals surface area contributed by atoms with Crippen molar-refractivity contribution >= 4 is 52.5 Å². The van der Waals surface area contributed by atoms with Gasteiger partial charge in [-0.1, -0.05) is 23.2 Å². The van der Waals surface area contributed by atoms with Crippen molar-refractivity contribution in [2.75, 3.05) is 58.2 Å². The highest BCUT2D eigenvalue weighted by Gasteiger charge is 2.37. The zero-order valence-corrected chi connectivity index (χ0v) is 28.2. The van der Waals surface area contributed by atoms with E-state index < -0.39 is 29.1 Å². The Morgan fingerprint density at radius 3 is 2.33 bits per heavy atom. The molecule has 0 saturated carbocycles. The van der Waals surface area contributed by atoms with Gasteiger partial charge >= 0.3 is 6.61 Å². The van der Waals surface area contributed by atoms with E-state index in [0.717, 1.165) is 6.07 Å². The average Bonchev–Trinajstić information content (AvgIpc) is 3.43. The van der Waals surface area contributed by atoms with Crippen molar-refractivity contribution in [1.82, 2.24) is 19.4 Å². The smallest absolute Gasteiger partial charge is 0.387 e. The number of imidazole rings is 1. The lowest BCUT2D eigenvalue weighted by Gasteiger charge is -2.41. The Balaban J connectivity index is 1.17. The molecule has 3 heterocycles. The predicted molar refractivity (Wildman–Crippen MR) is 175 cm³/mol. The topological polar surface area (TPSA) is 140 Å². The summed E-state index contributed by atoms with van der Waals surface area (Å²) < 4.78 is 45.7. The van der Waals surface area contributed by atoms with E-state index in [0.29, 0.717) is 56.6 Å². The van der Waals surface area contributed by atoms with Crippen molar-refractivity contribution in [3.8, 4) is 17.0 Å². The van der Waals surface area contributed by atoms with Crippen LogP contribution in [0.1, 0.15) is 33.8 Å². The number of ether oxygens (including phenoxy) is 1. The molecule has 2 saturated heterocycles. The third kappa shape index (κ3) is 7.94. The van der Waals surface area contributed by atoms with Gasteiger partial charge in [0.15, 0.2) is 23.9 Å². The van der Waals surface area contributed by atoms with Gasteiger partial charge in [-0.25, -0.2) is 9.37 Å². The van der Waals surface area contributed by atoms with Gasteiger partial charge in [0.1, 0.15) is 0 Å². The molecule has 2 aromatic carbocycles. The monoisotopic (exact) mass is 724 g/mol. The molecule has 0 radical (unpaired) electrons. The summed E-state index contributed by atoms with van der Waals surface area (Å²) in [5, 5.41) is 2.28. The molecule has 3 N–H and O–H groups in total. The molecule has 1 aromatic heterocycles. The lowest BCUT2D eigenvalue weighted by atomic mass is 9.93. The number of nitrogens with two attached hydrogens (primary N) is 1. The predicted octanol–water partition coefficient (Wildman–Crippen LogP) is 4.01. The summed E-state index contributed by atoms with van der Waals surface area (Å²) in [7, 11) is 3.47. The highest BCUT2D eigenvalue weighted by molar-refractivity contribution is 6.34. The zero-order chi connectivity index (χ0) is 35.6. The molecule has 0 unspecified atom stereocenters. The maximum Gasteiger partial charge on any atom is 0.387 e. The quantitative estimate of drug-likeness (QED) is 0.320. The standard InChI is InChI=1S/C32H34Cl2F3N7O5/c1-41-23(21-5-6-24(49-32(36)37)27(35)26(21)34)16-39-28(41)29(46)40-19-3-4-20(22(33)15-19)31(48)43-11-9-42(10-12-43)30(47)18-7-13-44(2,14-8-18)17-25(38)45/h3-6,15-16,18,32H,7-14,17H2,1-2H3,(H2-,38,40,45,46,48)/p+1. The minimum absolute atomic E-state index is 0.0583. The molecule has 3 aromatic rings.